The van der Waals surface area contributed by atoms with Crippen molar-refractivity contribution in [1.29, 1.82) is 0 Å². The maximum Gasteiger partial charge on any atom is 0.303 e. The smallest absolute Gasteiger partial charge is 0.303 e. The van der Waals surface area contributed by atoms with Crippen molar-refractivity contribution in [3.63, 3.8) is 0 Å². The van der Waals surface area contributed by atoms with E-state index in [-0.39, 0.29) is 53.0 Å². The molecule has 1 aliphatic carbocycles. The highest BCUT2D eigenvalue weighted by atomic mass is 16.6. The van der Waals surface area contributed by atoms with E-state index in [4.69, 9.17) is 14.2 Å². The molecular weight excluding hydrogens is 458 g/mol. The predicted molar refractivity (Wildman–Crippen MR) is 139 cm³/mol. The van der Waals surface area contributed by atoms with Gasteiger partial charge >= 0.3 is 5.97 Å². The summed E-state index contributed by atoms with van der Waals surface area (Å²) in [4.78, 5) is 23.3. The van der Waals surface area contributed by atoms with E-state index in [1.54, 1.807) is 13.0 Å². The second kappa shape index (κ2) is 11.6. The van der Waals surface area contributed by atoms with Gasteiger partial charge in [-0.25, -0.2) is 0 Å². The third-order valence-corrected chi connectivity index (χ3v) is 7.72. The van der Waals surface area contributed by atoms with Crippen molar-refractivity contribution < 1.29 is 28.9 Å². The molecule has 36 heavy (non-hydrogen) atoms. The lowest BCUT2D eigenvalue weighted by Gasteiger charge is -2.41. The molecule has 2 N–H and O–H groups in total. The lowest BCUT2D eigenvalue weighted by Crippen LogP contribution is -2.50. The van der Waals surface area contributed by atoms with Gasteiger partial charge in [0.25, 0.3) is 0 Å². The second-order valence-electron chi connectivity index (χ2n) is 11.9. The number of hydrogen-bond donors (Lipinski definition) is 2. The van der Waals surface area contributed by atoms with Gasteiger partial charge in [-0.15, -0.1) is 0 Å². The van der Waals surface area contributed by atoms with Gasteiger partial charge in [0.1, 0.15) is 11.7 Å². The van der Waals surface area contributed by atoms with Crippen LogP contribution in [0.25, 0.3) is 0 Å². The fourth-order valence-corrected chi connectivity index (χ4v) is 5.78. The Labute approximate surface area is 216 Å². The van der Waals surface area contributed by atoms with E-state index in [0.717, 1.165) is 31.3 Å². The van der Waals surface area contributed by atoms with Crippen LogP contribution in [0.5, 0.6) is 0 Å². The third-order valence-electron chi connectivity index (χ3n) is 7.72. The molecule has 202 valence electrons. The van der Waals surface area contributed by atoms with Crippen LogP contribution in [0.3, 0.4) is 0 Å². The summed E-state index contributed by atoms with van der Waals surface area (Å²) in [6.45, 7) is 14.5. The Balaban J connectivity index is 1.49. The zero-order valence-corrected chi connectivity index (χ0v) is 23.0. The van der Waals surface area contributed by atoms with Crippen molar-refractivity contribution in [2.75, 3.05) is 6.61 Å². The molecule has 1 amide bonds. The van der Waals surface area contributed by atoms with Crippen LogP contribution in [0.15, 0.2) is 36.0 Å². The number of aliphatic hydroxyl groups excluding tert-OH is 1. The maximum atomic E-state index is 12.3. The zero-order valence-electron chi connectivity index (χ0n) is 23.0. The van der Waals surface area contributed by atoms with Gasteiger partial charge in [0.05, 0.1) is 31.0 Å². The van der Waals surface area contributed by atoms with Crippen LogP contribution in [0.4, 0.5) is 0 Å². The molecule has 3 rings (SSSR count). The topological polar surface area (TPSA) is 97.4 Å². The summed E-state index contributed by atoms with van der Waals surface area (Å²) in [5.74, 6) is -0.207. The maximum absolute atomic E-state index is 12.3. The lowest BCUT2D eigenvalue weighted by molar-refractivity contribution is -0.143. The monoisotopic (exact) mass is 503 g/mol. The molecule has 7 heteroatoms. The Bertz CT molecular complexity index is 886. The fourth-order valence-electron chi connectivity index (χ4n) is 5.78. The van der Waals surface area contributed by atoms with Crippen LogP contribution >= 0.6 is 0 Å². The van der Waals surface area contributed by atoms with Crippen molar-refractivity contribution in [2.45, 2.75) is 110 Å². The second-order valence-corrected chi connectivity index (χ2v) is 11.9. The standard InChI is InChI=1S/C29H45NO6/c1-18(8-11-23-15-28(6,7)16-29(17-34-29)27(23)33)9-12-25-19(2)14-24(21(4)36-25)30-26(32)13-10-20(3)35-22(5)31/h8-11,13,19-21,23-25,27,33H,12,14-17H2,1-7H3,(H,30,32)/b11-8+,13-10-,18-9+/t19-,20-,21+,23+,24+,25-,27-,29-/m0/s1. The summed E-state index contributed by atoms with van der Waals surface area (Å²) in [7, 11) is 0. The number of epoxide rings is 1. The Morgan fingerprint density at radius 1 is 1.22 bits per heavy atom. The number of amides is 1. The van der Waals surface area contributed by atoms with Crippen molar-refractivity contribution >= 4 is 11.9 Å². The van der Waals surface area contributed by atoms with Gasteiger partial charge in [-0.05, 0) is 63.9 Å². The Hall–Kier alpha value is -1.96. The largest absolute Gasteiger partial charge is 0.459 e. The van der Waals surface area contributed by atoms with Crippen LogP contribution in [-0.2, 0) is 23.8 Å². The normalized spacial score (nSPS) is 37.3. The van der Waals surface area contributed by atoms with Gasteiger partial charge < -0.3 is 24.6 Å². The first-order valence-corrected chi connectivity index (χ1v) is 13.3. The number of carbonyl (C=O) groups is 2. The van der Waals surface area contributed by atoms with Crippen molar-refractivity contribution in [3.05, 3.63) is 36.0 Å². The Kier molecular flexibility index (Phi) is 9.23. The molecule has 3 aliphatic rings. The summed E-state index contributed by atoms with van der Waals surface area (Å²) in [5.41, 5.74) is 0.979. The van der Waals surface area contributed by atoms with E-state index in [1.807, 2.05) is 6.92 Å². The lowest BCUT2D eigenvalue weighted by atomic mass is 9.65. The molecule has 7 nitrogen and oxygen atoms in total. The average Bonchev–Trinajstić information content (AvgIpc) is 3.54. The van der Waals surface area contributed by atoms with Crippen LogP contribution in [-0.4, -0.2) is 59.6 Å². The molecule has 2 aliphatic heterocycles. The molecule has 2 heterocycles. The Morgan fingerprint density at radius 2 is 1.92 bits per heavy atom. The quantitative estimate of drug-likeness (QED) is 0.222. The number of nitrogens with one attached hydrogen (secondary N) is 1. The van der Waals surface area contributed by atoms with Gasteiger partial charge in [-0.3, -0.25) is 9.59 Å². The van der Waals surface area contributed by atoms with Crippen molar-refractivity contribution in [1.82, 2.24) is 5.32 Å². The number of hydrogen-bond acceptors (Lipinski definition) is 6. The summed E-state index contributed by atoms with van der Waals surface area (Å²) in [6.07, 6.45) is 12.0. The van der Waals surface area contributed by atoms with Gasteiger partial charge in [0.15, 0.2) is 0 Å². The van der Waals surface area contributed by atoms with E-state index in [2.05, 4.69) is 51.2 Å². The highest BCUT2D eigenvalue weighted by molar-refractivity contribution is 5.87. The number of aliphatic hydroxyl groups is 1. The van der Waals surface area contributed by atoms with Gasteiger partial charge in [0.2, 0.25) is 5.91 Å². The van der Waals surface area contributed by atoms with Gasteiger partial charge in [-0.2, -0.15) is 0 Å². The Morgan fingerprint density at radius 3 is 2.56 bits per heavy atom. The number of ether oxygens (including phenoxy) is 3. The van der Waals surface area contributed by atoms with Crippen molar-refractivity contribution in [2.24, 2.45) is 17.3 Å². The molecule has 0 unspecified atom stereocenters. The van der Waals surface area contributed by atoms with Crippen LogP contribution in [0, 0.1) is 17.3 Å². The van der Waals surface area contributed by atoms with Gasteiger partial charge in [-0.1, -0.05) is 44.6 Å². The molecule has 3 fully saturated rings. The summed E-state index contributed by atoms with van der Waals surface area (Å²) < 4.78 is 17.0. The summed E-state index contributed by atoms with van der Waals surface area (Å²) in [5, 5.41) is 13.8. The SMILES string of the molecule is CC(=O)O[C@@H](C)/C=C\C(=O)N[C@@H]1C[C@H](C)[C@H](C/C=C(C)/C=C/[C@@H]2CC(C)(C)C[C@]3(CO3)[C@H]2O)O[C@@H]1C. The zero-order chi connectivity index (χ0) is 26.7. The fraction of sp³-hybridized carbons (Fsp3) is 0.724. The third kappa shape index (κ3) is 7.77. The molecule has 0 aromatic rings. The average molecular weight is 504 g/mol. The summed E-state index contributed by atoms with van der Waals surface area (Å²) in [6, 6.07) is -0.0736. The predicted octanol–water partition coefficient (Wildman–Crippen LogP) is 4.25. The van der Waals surface area contributed by atoms with E-state index in [1.165, 1.54) is 13.0 Å². The molecule has 0 aromatic heterocycles. The van der Waals surface area contributed by atoms with Gasteiger partial charge in [0, 0.05) is 18.9 Å². The first kappa shape index (κ1) is 28.6. The first-order valence-electron chi connectivity index (χ1n) is 13.3. The molecule has 1 saturated carbocycles. The molecule has 1 spiro atoms. The van der Waals surface area contributed by atoms with Crippen molar-refractivity contribution in [3.8, 4) is 0 Å². The number of rotatable bonds is 8. The van der Waals surface area contributed by atoms with E-state index in [0.29, 0.717) is 6.61 Å². The molecular formula is C29H45NO6. The van der Waals surface area contributed by atoms with E-state index in [9.17, 15) is 14.7 Å². The first-order chi connectivity index (χ1) is 16.8. The van der Waals surface area contributed by atoms with Crippen LogP contribution in [0.2, 0.25) is 0 Å². The number of esters is 1. The minimum Gasteiger partial charge on any atom is -0.459 e. The molecule has 0 aromatic carbocycles. The molecule has 0 bridgehead atoms. The molecule has 0 radical (unpaired) electrons. The van der Waals surface area contributed by atoms with Crippen LogP contribution < -0.4 is 5.32 Å². The minimum atomic E-state index is -0.448. The van der Waals surface area contributed by atoms with E-state index >= 15 is 0 Å². The highest BCUT2D eigenvalue weighted by Crippen LogP contribution is 2.52. The highest BCUT2D eigenvalue weighted by Gasteiger charge is 2.59. The van der Waals surface area contributed by atoms with E-state index < -0.39 is 12.2 Å². The molecule has 8 atom stereocenters. The van der Waals surface area contributed by atoms with Crippen LogP contribution in [0.1, 0.15) is 74.1 Å². The number of allylic oxidation sites excluding steroid dienone is 2. The minimum absolute atomic E-state index is 0.0736. The number of carbonyl (C=O) groups excluding carboxylic acids is 2. The summed E-state index contributed by atoms with van der Waals surface area (Å²) >= 11 is 0. The molecule has 2 saturated heterocycles.